The zero-order chi connectivity index (χ0) is 29.0. The number of primary amides is 1. The number of nitrogens with two attached hydrogens (primary N) is 1. The van der Waals surface area contributed by atoms with Crippen molar-refractivity contribution in [2.45, 2.75) is 98.4 Å². The Labute approximate surface area is 240 Å². The maximum absolute atomic E-state index is 13.7. The molecule has 40 heavy (non-hydrogen) atoms. The Morgan fingerprint density at radius 1 is 1.00 bits per heavy atom. The van der Waals surface area contributed by atoms with E-state index in [-0.39, 0.29) is 30.1 Å². The van der Waals surface area contributed by atoms with Crippen molar-refractivity contribution in [2.75, 3.05) is 24.6 Å². The minimum atomic E-state index is -0.420. The molecule has 1 fully saturated rings. The van der Waals surface area contributed by atoms with Gasteiger partial charge in [0.1, 0.15) is 18.0 Å². The summed E-state index contributed by atoms with van der Waals surface area (Å²) in [5.74, 6) is 0.733. The van der Waals surface area contributed by atoms with Crippen LogP contribution in [-0.4, -0.2) is 40.2 Å². The molecule has 0 aliphatic heterocycles. The number of pyridine rings is 1. The average Bonchev–Trinajstić information content (AvgIpc) is 3.60. The number of fused-ring (bicyclic) bond motifs is 1. The van der Waals surface area contributed by atoms with Crippen LogP contribution in [0.4, 0.5) is 10.5 Å². The van der Waals surface area contributed by atoms with Crippen molar-refractivity contribution >= 4 is 22.8 Å². The summed E-state index contributed by atoms with van der Waals surface area (Å²) >= 11 is 0. The number of ether oxygens (including phenoxy) is 1. The minimum absolute atomic E-state index is 0.201. The first-order valence-electron chi connectivity index (χ1n) is 15.3. The molecule has 2 heterocycles. The van der Waals surface area contributed by atoms with E-state index in [0.29, 0.717) is 6.61 Å². The average molecular weight is 548 g/mol. The first-order chi connectivity index (χ1) is 19.2. The number of carbonyl (C=O) groups is 1. The summed E-state index contributed by atoms with van der Waals surface area (Å²) in [4.78, 5) is 22.8. The lowest BCUT2D eigenvalue weighted by Gasteiger charge is -2.39. The van der Waals surface area contributed by atoms with E-state index in [0.717, 1.165) is 72.2 Å². The Bertz CT molecular complexity index is 1250. The summed E-state index contributed by atoms with van der Waals surface area (Å²) in [5.41, 5.74) is 11.6. The molecule has 0 spiro atoms. The Kier molecular flexibility index (Phi) is 9.90. The van der Waals surface area contributed by atoms with Crippen molar-refractivity contribution in [3.8, 4) is 0 Å². The van der Waals surface area contributed by atoms with Crippen molar-refractivity contribution in [1.82, 2.24) is 14.5 Å². The molecule has 0 saturated heterocycles. The predicted molar refractivity (Wildman–Crippen MR) is 165 cm³/mol. The lowest BCUT2D eigenvalue weighted by Crippen LogP contribution is -2.45. The fourth-order valence-electron chi connectivity index (χ4n) is 6.59. The molecule has 4 rings (SSSR count). The fraction of sp³-hybridized carbons (Fsp3) is 0.576. The van der Waals surface area contributed by atoms with Crippen molar-refractivity contribution in [2.24, 2.45) is 11.7 Å². The molecule has 2 aromatic heterocycles. The van der Waals surface area contributed by atoms with Crippen LogP contribution in [0.1, 0.15) is 115 Å². The zero-order valence-electron chi connectivity index (χ0n) is 25.6. The van der Waals surface area contributed by atoms with E-state index in [2.05, 4.69) is 81.5 Å². The number of para-hydroxylation sites is 1. The van der Waals surface area contributed by atoms with Gasteiger partial charge in [-0.3, -0.25) is 9.80 Å². The second kappa shape index (κ2) is 13.2. The number of anilines is 1. The molecule has 0 radical (unpaired) electrons. The molecule has 2 amide bonds. The van der Waals surface area contributed by atoms with Crippen LogP contribution in [0.2, 0.25) is 0 Å². The van der Waals surface area contributed by atoms with E-state index >= 15 is 0 Å². The molecule has 7 nitrogen and oxygen atoms in total. The number of hydrogen-bond acceptors (Lipinski definition) is 4. The highest BCUT2D eigenvalue weighted by Gasteiger charge is 2.38. The Balaban J connectivity index is 2.02. The van der Waals surface area contributed by atoms with Gasteiger partial charge in [0.15, 0.2) is 0 Å². The number of amides is 2. The van der Waals surface area contributed by atoms with Crippen molar-refractivity contribution in [3.05, 3.63) is 59.4 Å². The number of nitrogens with zero attached hydrogens (tertiary/aromatic N) is 4. The first-order valence-corrected chi connectivity index (χ1v) is 15.3. The van der Waals surface area contributed by atoms with E-state index in [9.17, 15) is 4.79 Å². The number of rotatable bonds is 12. The summed E-state index contributed by atoms with van der Waals surface area (Å²) in [7, 11) is 0. The normalized spacial score (nSPS) is 15.9. The molecule has 2 atom stereocenters. The van der Waals surface area contributed by atoms with Crippen LogP contribution in [-0.2, 0) is 4.74 Å². The van der Waals surface area contributed by atoms with Gasteiger partial charge in [0.2, 0.25) is 0 Å². The maximum Gasteiger partial charge on any atom is 0.321 e. The number of hydrogen-bond donors (Lipinski definition) is 1. The first kappa shape index (κ1) is 30.1. The van der Waals surface area contributed by atoms with Gasteiger partial charge in [-0.15, -0.1) is 0 Å². The van der Waals surface area contributed by atoms with Crippen LogP contribution in [0, 0.1) is 5.92 Å². The van der Waals surface area contributed by atoms with Gasteiger partial charge in [-0.1, -0.05) is 72.6 Å². The largest absolute Gasteiger partial charge is 0.359 e. The molecule has 218 valence electrons. The quantitative estimate of drug-likeness (QED) is 0.234. The summed E-state index contributed by atoms with van der Waals surface area (Å²) < 4.78 is 8.61. The van der Waals surface area contributed by atoms with Gasteiger partial charge in [-0.25, -0.2) is 9.78 Å². The summed E-state index contributed by atoms with van der Waals surface area (Å²) in [6.07, 6.45) is 7.94. The number of aromatic nitrogens is 2. The highest BCUT2D eigenvalue weighted by atomic mass is 16.5. The highest BCUT2D eigenvalue weighted by molar-refractivity contribution is 5.94. The molecule has 2 N–H and O–H groups in total. The van der Waals surface area contributed by atoms with Crippen LogP contribution in [0.15, 0.2) is 42.7 Å². The lowest BCUT2D eigenvalue weighted by molar-refractivity contribution is -0.0522. The Morgan fingerprint density at radius 2 is 1.62 bits per heavy atom. The van der Waals surface area contributed by atoms with E-state index in [1.165, 1.54) is 0 Å². The third kappa shape index (κ3) is 5.77. The maximum atomic E-state index is 13.7. The molecule has 3 aromatic rings. The Hall–Kier alpha value is -2.90. The zero-order valence-corrected chi connectivity index (χ0v) is 25.6. The van der Waals surface area contributed by atoms with Gasteiger partial charge in [-0.2, -0.15) is 0 Å². The highest BCUT2D eigenvalue weighted by Crippen LogP contribution is 2.45. The summed E-state index contributed by atoms with van der Waals surface area (Å²) in [6.45, 7) is 17.5. The number of urea groups is 1. The molecular weight excluding hydrogens is 498 g/mol. The molecule has 1 aromatic carbocycles. The van der Waals surface area contributed by atoms with Crippen LogP contribution in [0.3, 0.4) is 0 Å². The van der Waals surface area contributed by atoms with Crippen LogP contribution in [0.5, 0.6) is 0 Å². The number of benzene rings is 1. The minimum Gasteiger partial charge on any atom is -0.359 e. The van der Waals surface area contributed by atoms with Crippen molar-refractivity contribution < 1.29 is 9.53 Å². The van der Waals surface area contributed by atoms with E-state index in [1.54, 1.807) is 0 Å². The lowest BCUT2D eigenvalue weighted by atomic mass is 9.90. The Morgan fingerprint density at radius 3 is 2.15 bits per heavy atom. The molecule has 1 saturated carbocycles. The number of carbonyl (C=O) groups excluding carboxylic acids is 1. The van der Waals surface area contributed by atoms with Gasteiger partial charge < -0.3 is 15.0 Å². The van der Waals surface area contributed by atoms with Gasteiger partial charge in [-0.05, 0) is 73.9 Å². The molecule has 1 aliphatic carbocycles. The molecule has 2 unspecified atom stereocenters. The fourth-order valence-corrected chi connectivity index (χ4v) is 6.59. The van der Waals surface area contributed by atoms with Crippen LogP contribution in [0.25, 0.3) is 11.0 Å². The second-order valence-corrected chi connectivity index (χ2v) is 11.7. The van der Waals surface area contributed by atoms with E-state index in [4.69, 9.17) is 15.5 Å². The smallest absolute Gasteiger partial charge is 0.321 e. The molecule has 1 aliphatic rings. The van der Waals surface area contributed by atoms with Crippen molar-refractivity contribution in [3.63, 3.8) is 0 Å². The van der Waals surface area contributed by atoms with E-state index in [1.807, 2.05) is 24.1 Å². The van der Waals surface area contributed by atoms with Crippen molar-refractivity contribution in [1.29, 1.82) is 0 Å². The summed E-state index contributed by atoms with van der Waals surface area (Å²) in [6, 6.07) is 10.1. The predicted octanol–water partition coefficient (Wildman–Crippen LogP) is 7.93. The third-order valence-corrected chi connectivity index (χ3v) is 8.55. The second-order valence-electron chi connectivity index (χ2n) is 11.7. The van der Waals surface area contributed by atoms with Gasteiger partial charge in [0.25, 0.3) is 0 Å². The van der Waals surface area contributed by atoms with Crippen LogP contribution < -0.4 is 10.6 Å². The topological polar surface area (TPSA) is 76.6 Å². The van der Waals surface area contributed by atoms with Gasteiger partial charge in [0.05, 0.1) is 5.69 Å². The molecule has 7 heteroatoms. The molecule has 0 bridgehead atoms. The standard InChI is InChI=1S/C33H49N5O2/c1-8-36(9-2)32(40-10-3)28-21-37(30-27(28)19-14-20-35-30)31(24-15-11-12-16-24)38(33(34)39)29-25(22(4)5)17-13-18-26(29)23(6)7/h13-14,17-24,31-32H,8-12,15-16H2,1-7H3,(H2,34,39). The van der Waals surface area contributed by atoms with Gasteiger partial charge >= 0.3 is 6.03 Å². The van der Waals surface area contributed by atoms with E-state index < -0.39 is 6.03 Å². The monoisotopic (exact) mass is 547 g/mol. The SMILES string of the molecule is CCOC(c1cn(C(C2CCCC2)N(C(N)=O)c2c(C(C)C)cccc2C(C)C)c2ncccc12)N(CC)CC. The molecular formula is C33H49N5O2. The summed E-state index contributed by atoms with van der Waals surface area (Å²) in [5, 5.41) is 1.06. The van der Waals surface area contributed by atoms with Gasteiger partial charge in [0, 0.05) is 30.0 Å². The van der Waals surface area contributed by atoms with Crippen LogP contribution >= 0.6 is 0 Å². The third-order valence-electron chi connectivity index (χ3n) is 8.55.